The molecule has 3 aliphatic rings. The molecule has 1 saturated heterocycles. The molecule has 0 radical (unpaired) electrons. The smallest absolute Gasteiger partial charge is 0.312 e. The predicted molar refractivity (Wildman–Crippen MR) is 63.1 cm³/mol. The SMILES string of the molecule is C[C@H]1C[C@@H]2C=C[C@@H]3COC(=O)[C@]3(C)[C@@H]2C[C@@H]1O. The Kier molecular flexibility index (Phi) is 2.37. The molecule has 0 unspecified atom stereocenters. The van der Waals surface area contributed by atoms with Crippen LogP contribution in [0.15, 0.2) is 12.2 Å². The zero-order valence-corrected chi connectivity index (χ0v) is 10.4. The van der Waals surface area contributed by atoms with Gasteiger partial charge in [0.05, 0.1) is 18.1 Å². The summed E-state index contributed by atoms with van der Waals surface area (Å²) in [6.07, 6.45) is 5.86. The summed E-state index contributed by atoms with van der Waals surface area (Å²) in [5, 5.41) is 10.1. The van der Waals surface area contributed by atoms with Gasteiger partial charge in [0, 0.05) is 5.92 Å². The molecule has 0 aromatic rings. The molecular formula is C14H20O3. The van der Waals surface area contributed by atoms with Gasteiger partial charge >= 0.3 is 5.97 Å². The molecule has 0 bridgehead atoms. The van der Waals surface area contributed by atoms with Crippen LogP contribution in [0.5, 0.6) is 0 Å². The van der Waals surface area contributed by atoms with Crippen LogP contribution in [0.1, 0.15) is 26.7 Å². The first-order chi connectivity index (χ1) is 8.03. The fourth-order valence-corrected chi connectivity index (χ4v) is 3.92. The first-order valence-electron chi connectivity index (χ1n) is 6.57. The van der Waals surface area contributed by atoms with Gasteiger partial charge in [-0.15, -0.1) is 0 Å². The molecule has 0 amide bonds. The highest BCUT2D eigenvalue weighted by atomic mass is 16.5. The zero-order valence-electron chi connectivity index (χ0n) is 10.4. The topological polar surface area (TPSA) is 46.5 Å². The molecule has 3 nitrogen and oxygen atoms in total. The Morgan fingerprint density at radius 3 is 2.94 bits per heavy atom. The van der Waals surface area contributed by atoms with E-state index in [0.717, 1.165) is 12.8 Å². The minimum atomic E-state index is -0.402. The monoisotopic (exact) mass is 236 g/mol. The number of fused-ring (bicyclic) bond motifs is 3. The average Bonchev–Trinajstić information content (AvgIpc) is 2.59. The predicted octanol–water partition coefficient (Wildman–Crippen LogP) is 1.76. The Morgan fingerprint density at radius 2 is 2.18 bits per heavy atom. The molecule has 0 aromatic heterocycles. The van der Waals surface area contributed by atoms with Gasteiger partial charge in [0.1, 0.15) is 0 Å². The van der Waals surface area contributed by atoms with Crippen LogP contribution in [0, 0.1) is 29.1 Å². The summed E-state index contributed by atoms with van der Waals surface area (Å²) < 4.78 is 5.24. The summed E-state index contributed by atoms with van der Waals surface area (Å²) >= 11 is 0. The van der Waals surface area contributed by atoms with E-state index in [0.29, 0.717) is 18.4 Å². The van der Waals surface area contributed by atoms with E-state index in [1.807, 2.05) is 6.92 Å². The standard InChI is InChI=1S/C14H20O3/c1-8-5-9-3-4-10-7-17-13(16)14(10,2)11(9)6-12(8)15/h3-4,8-12,15H,5-7H2,1-2H3/t8-,9-,10+,11+,12-,14-/m0/s1. The van der Waals surface area contributed by atoms with Gasteiger partial charge in [-0.25, -0.2) is 0 Å². The number of aliphatic hydroxyl groups excluding tert-OH is 1. The van der Waals surface area contributed by atoms with Crippen molar-refractivity contribution in [2.45, 2.75) is 32.8 Å². The van der Waals surface area contributed by atoms with Crippen LogP contribution in [-0.2, 0) is 9.53 Å². The van der Waals surface area contributed by atoms with Crippen LogP contribution in [0.3, 0.4) is 0 Å². The molecule has 1 heterocycles. The van der Waals surface area contributed by atoms with Crippen LogP contribution >= 0.6 is 0 Å². The van der Waals surface area contributed by atoms with Crippen molar-refractivity contribution in [1.82, 2.24) is 0 Å². The molecule has 17 heavy (non-hydrogen) atoms. The quantitative estimate of drug-likeness (QED) is 0.515. The number of carbonyl (C=O) groups is 1. The van der Waals surface area contributed by atoms with Gasteiger partial charge in [-0.1, -0.05) is 19.1 Å². The lowest BCUT2D eigenvalue weighted by Gasteiger charge is -2.47. The number of esters is 1. The summed E-state index contributed by atoms with van der Waals surface area (Å²) in [5.74, 6) is 1.15. The number of cyclic esters (lactones) is 1. The van der Waals surface area contributed by atoms with Crippen molar-refractivity contribution >= 4 is 5.97 Å². The number of aliphatic hydroxyl groups is 1. The molecule has 2 fully saturated rings. The number of rotatable bonds is 0. The highest BCUT2D eigenvalue weighted by Crippen LogP contribution is 2.54. The fourth-order valence-electron chi connectivity index (χ4n) is 3.92. The van der Waals surface area contributed by atoms with Gasteiger partial charge in [0.2, 0.25) is 0 Å². The van der Waals surface area contributed by atoms with E-state index in [1.165, 1.54) is 0 Å². The Morgan fingerprint density at radius 1 is 1.41 bits per heavy atom. The average molecular weight is 236 g/mol. The van der Waals surface area contributed by atoms with Gasteiger partial charge in [-0.05, 0) is 37.5 Å². The number of allylic oxidation sites excluding steroid dienone is 1. The van der Waals surface area contributed by atoms with E-state index < -0.39 is 5.41 Å². The van der Waals surface area contributed by atoms with E-state index in [1.54, 1.807) is 0 Å². The van der Waals surface area contributed by atoms with Gasteiger partial charge in [-0.2, -0.15) is 0 Å². The summed E-state index contributed by atoms with van der Waals surface area (Å²) in [5.41, 5.74) is -0.402. The Bertz CT molecular complexity index is 376. The maximum atomic E-state index is 12.0. The van der Waals surface area contributed by atoms with E-state index in [2.05, 4.69) is 19.1 Å². The molecule has 1 saturated carbocycles. The lowest BCUT2D eigenvalue weighted by atomic mass is 9.55. The van der Waals surface area contributed by atoms with Crippen LogP contribution in [-0.4, -0.2) is 23.8 Å². The third kappa shape index (κ3) is 1.41. The molecule has 94 valence electrons. The molecule has 0 aromatic carbocycles. The number of ether oxygens (including phenoxy) is 1. The first kappa shape index (κ1) is 11.3. The minimum absolute atomic E-state index is 0.0661. The van der Waals surface area contributed by atoms with E-state index in [-0.39, 0.29) is 23.9 Å². The number of hydrogen-bond acceptors (Lipinski definition) is 3. The second-order valence-electron chi connectivity index (χ2n) is 6.16. The molecule has 0 spiro atoms. The fraction of sp³-hybridized carbons (Fsp3) is 0.786. The van der Waals surface area contributed by atoms with E-state index in [4.69, 9.17) is 4.74 Å². The van der Waals surface area contributed by atoms with Gasteiger partial charge < -0.3 is 9.84 Å². The van der Waals surface area contributed by atoms with Crippen molar-refractivity contribution in [2.75, 3.05) is 6.61 Å². The third-order valence-electron chi connectivity index (χ3n) is 5.28. The van der Waals surface area contributed by atoms with Crippen LogP contribution in [0.2, 0.25) is 0 Å². The van der Waals surface area contributed by atoms with Gasteiger partial charge in [0.25, 0.3) is 0 Å². The van der Waals surface area contributed by atoms with Crippen LogP contribution in [0.25, 0.3) is 0 Å². The second-order valence-corrected chi connectivity index (χ2v) is 6.16. The molecule has 3 heteroatoms. The molecule has 3 rings (SSSR count). The lowest BCUT2D eigenvalue weighted by molar-refractivity contribution is -0.151. The normalized spacial score (nSPS) is 52.9. The molecule has 1 aliphatic heterocycles. The highest BCUT2D eigenvalue weighted by Gasteiger charge is 2.57. The Balaban J connectivity index is 1.97. The highest BCUT2D eigenvalue weighted by molar-refractivity contribution is 5.80. The zero-order chi connectivity index (χ0) is 12.2. The lowest BCUT2D eigenvalue weighted by Crippen LogP contribution is -2.48. The minimum Gasteiger partial charge on any atom is -0.465 e. The van der Waals surface area contributed by atoms with Crippen LogP contribution < -0.4 is 0 Å². The largest absolute Gasteiger partial charge is 0.465 e. The first-order valence-corrected chi connectivity index (χ1v) is 6.57. The number of hydrogen-bond donors (Lipinski definition) is 1. The van der Waals surface area contributed by atoms with Crippen molar-refractivity contribution in [1.29, 1.82) is 0 Å². The molecule has 6 atom stereocenters. The molecular weight excluding hydrogens is 216 g/mol. The third-order valence-corrected chi connectivity index (χ3v) is 5.28. The van der Waals surface area contributed by atoms with Crippen LogP contribution in [0.4, 0.5) is 0 Å². The summed E-state index contributed by atoms with van der Waals surface area (Å²) in [6.45, 7) is 4.63. The summed E-state index contributed by atoms with van der Waals surface area (Å²) in [6, 6.07) is 0. The van der Waals surface area contributed by atoms with Crippen molar-refractivity contribution in [3.63, 3.8) is 0 Å². The van der Waals surface area contributed by atoms with Crippen molar-refractivity contribution in [3.05, 3.63) is 12.2 Å². The van der Waals surface area contributed by atoms with Crippen molar-refractivity contribution in [2.24, 2.45) is 29.1 Å². The summed E-state index contributed by atoms with van der Waals surface area (Å²) in [7, 11) is 0. The second kappa shape index (κ2) is 3.58. The van der Waals surface area contributed by atoms with Crippen molar-refractivity contribution in [3.8, 4) is 0 Å². The molecule has 2 aliphatic carbocycles. The van der Waals surface area contributed by atoms with Gasteiger partial charge in [0.15, 0.2) is 0 Å². The van der Waals surface area contributed by atoms with E-state index >= 15 is 0 Å². The maximum Gasteiger partial charge on any atom is 0.312 e. The summed E-state index contributed by atoms with van der Waals surface area (Å²) in [4.78, 5) is 12.0. The Hall–Kier alpha value is -0.830. The van der Waals surface area contributed by atoms with Gasteiger partial charge in [-0.3, -0.25) is 4.79 Å². The Labute approximate surface area is 102 Å². The van der Waals surface area contributed by atoms with E-state index in [9.17, 15) is 9.90 Å². The maximum absolute atomic E-state index is 12.0. The van der Waals surface area contributed by atoms with Crippen molar-refractivity contribution < 1.29 is 14.6 Å². The number of carbonyl (C=O) groups excluding carboxylic acids is 1. The molecule has 1 N–H and O–H groups in total.